The molecule has 2 amide bonds. The smallest absolute Gasteiger partial charge is 0.315 e. The molecule has 2 unspecified atom stereocenters. The van der Waals surface area contributed by atoms with Gasteiger partial charge >= 0.3 is 6.03 Å². The molecule has 1 aromatic heterocycles. The summed E-state index contributed by atoms with van der Waals surface area (Å²) >= 11 is 0. The summed E-state index contributed by atoms with van der Waals surface area (Å²) in [7, 11) is 0. The fourth-order valence-corrected chi connectivity index (χ4v) is 4.89. The van der Waals surface area contributed by atoms with Gasteiger partial charge in [-0.3, -0.25) is 0 Å². The molecule has 0 saturated heterocycles. The largest absolute Gasteiger partial charge is 0.361 e. The fourth-order valence-electron chi connectivity index (χ4n) is 4.89. The second-order valence-electron chi connectivity index (χ2n) is 9.21. The fraction of sp³-hybridized carbons (Fsp3) is 0.545. The average molecular weight is 383 g/mol. The lowest BCUT2D eigenvalue weighted by Crippen LogP contribution is -2.50. The molecule has 1 aromatic carbocycles. The number of carbonyl (C=O) groups excluding carboxylic acids is 2. The Kier molecular flexibility index (Phi) is 5.90. The van der Waals surface area contributed by atoms with Crippen LogP contribution in [0.5, 0.6) is 0 Å². The predicted molar refractivity (Wildman–Crippen MR) is 111 cm³/mol. The number of nitrogens with zero attached hydrogens (tertiary/aromatic N) is 1. The Labute approximate surface area is 166 Å². The third-order valence-electron chi connectivity index (χ3n) is 5.62. The maximum Gasteiger partial charge on any atom is 0.315 e. The number of amides is 2. The number of isocyanates is 1. The number of carbonyl (C=O) groups is 1. The van der Waals surface area contributed by atoms with Gasteiger partial charge in [-0.05, 0) is 59.6 Å². The number of nitrogens with one attached hydrogen (secondary N) is 3. The Balaban J connectivity index is 1.51. The van der Waals surface area contributed by atoms with E-state index in [2.05, 4.69) is 59.6 Å². The molecule has 6 heteroatoms. The number of hydrogen-bond acceptors (Lipinski definition) is 3. The van der Waals surface area contributed by atoms with Gasteiger partial charge in [0.2, 0.25) is 6.08 Å². The number of aromatic amines is 1. The van der Waals surface area contributed by atoms with E-state index in [9.17, 15) is 9.59 Å². The van der Waals surface area contributed by atoms with Crippen molar-refractivity contribution in [3.63, 3.8) is 0 Å². The number of aliphatic imine (C=N–C) groups is 1. The molecule has 1 heterocycles. The van der Waals surface area contributed by atoms with Crippen LogP contribution in [-0.4, -0.2) is 36.2 Å². The zero-order valence-corrected chi connectivity index (χ0v) is 17.0. The van der Waals surface area contributed by atoms with Gasteiger partial charge in [-0.25, -0.2) is 14.6 Å². The molecule has 3 N–H and O–H groups in total. The molecule has 6 nitrogen and oxygen atoms in total. The molecule has 2 atom stereocenters. The summed E-state index contributed by atoms with van der Waals surface area (Å²) in [5, 5.41) is 7.28. The number of urea groups is 1. The van der Waals surface area contributed by atoms with Crippen molar-refractivity contribution in [1.29, 1.82) is 0 Å². The van der Waals surface area contributed by atoms with E-state index in [0.717, 1.165) is 31.2 Å². The summed E-state index contributed by atoms with van der Waals surface area (Å²) in [4.78, 5) is 29.9. The molecule has 1 aliphatic carbocycles. The van der Waals surface area contributed by atoms with Crippen LogP contribution in [0.2, 0.25) is 0 Å². The Bertz CT molecular complexity index is 882. The van der Waals surface area contributed by atoms with Gasteiger partial charge in [0.1, 0.15) is 0 Å². The molecule has 1 fully saturated rings. The molecular formula is C22H30N4O2. The van der Waals surface area contributed by atoms with E-state index < -0.39 is 0 Å². The molecular weight excluding hydrogens is 352 g/mol. The van der Waals surface area contributed by atoms with Gasteiger partial charge < -0.3 is 15.6 Å². The number of benzene rings is 1. The number of aromatic nitrogens is 1. The maximum atomic E-state index is 12.4. The Morgan fingerprint density at radius 2 is 2.11 bits per heavy atom. The van der Waals surface area contributed by atoms with Crippen LogP contribution in [0.1, 0.15) is 45.6 Å². The molecule has 0 radical (unpaired) electrons. The average Bonchev–Trinajstić information content (AvgIpc) is 3.06. The van der Waals surface area contributed by atoms with Crippen LogP contribution < -0.4 is 10.6 Å². The van der Waals surface area contributed by atoms with Crippen molar-refractivity contribution >= 4 is 23.0 Å². The topological polar surface area (TPSA) is 86.3 Å². The number of rotatable bonds is 6. The lowest BCUT2D eigenvalue weighted by Gasteiger charge is -2.46. The van der Waals surface area contributed by atoms with Gasteiger partial charge in [0.25, 0.3) is 0 Å². The van der Waals surface area contributed by atoms with Crippen LogP contribution in [-0.2, 0) is 11.2 Å². The van der Waals surface area contributed by atoms with Crippen molar-refractivity contribution in [3.05, 3.63) is 36.0 Å². The molecule has 3 rings (SSSR count). The van der Waals surface area contributed by atoms with Crippen molar-refractivity contribution in [2.24, 2.45) is 15.8 Å². The maximum absolute atomic E-state index is 12.4. The molecule has 0 spiro atoms. The van der Waals surface area contributed by atoms with Crippen molar-refractivity contribution in [3.8, 4) is 0 Å². The summed E-state index contributed by atoms with van der Waals surface area (Å²) < 4.78 is 0. The minimum Gasteiger partial charge on any atom is -0.361 e. The lowest BCUT2D eigenvalue weighted by molar-refractivity contribution is 0.0807. The van der Waals surface area contributed by atoms with Crippen LogP contribution in [0.25, 0.3) is 10.9 Å². The normalized spacial score (nSPS) is 23.8. The van der Waals surface area contributed by atoms with E-state index in [1.54, 1.807) is 6.08 Å². The van der Waals surface area contributed by atoms with Gasteiger partial charge in [0.15, 0.2) is 0 Å². The van der Waals surface area contributed by atoms with E-state index in [1.807, 2.05) is 12.3 Å². The Hall–Kier alpha value is -2.59. The molecule has 150 valence electrons. The first kappa shape index (κ1) is 20.2. The second kappa shape index (κ2) is 8.19. The zero-order valence-electron chi connectivity index (χ0n) is 17.0. The van der Waals surface area contributed by atoms with Crippen molar-refractivity contribution < 1.29 is 9.59 Å². The quantitative estimate of drug-likeness (QED) is 0.522. The monoisotopic (exact) mass is 382 g/mol. The van der Waals surface area contributed by atoms with Crippen molar-refractivity contribution in [2.75, 3.05) is 13.1 Å². The van der Waals surface area contributed by atoms with Gasteiger partial charge in [-0.2, -0.15) is 0 Å². The minimum atomic E-state index is -0.134. The number of hydrogen-bond donors (Lipinski definition) is 3. The summed E-state index contributed by atoms with van der Waals surface area (Å²) in [6.07, 6.45) is 7.08. The zero-order chi connectivity index (χ0) is 20.2. The Morgan fingerprint density at radius 1 is 1.29 bits per heavy atom. The number of H-pyrrole nitrogens is 1. The van der Waals surface area contributed by atoms with E-state index in [-0.39, 0.29) is 22.9 Å². The third kappa shape index (κ3) is 5.23. The lowest BCUT2D eigenvalue weighted by atomic mass is 9.62. The molecule has 28 heavy (non-hydrogen) atoms. The summed E-state index contributed by atoms with van der Waals surface area (Å²) in [6, 6.07) is 8.30. The number of fused-ring (bicyclic) bond motifs is 1. The Morgan fingerprint density at radius 3 is 2.89 bits per heavy atom. The van der Waals surface area contributed by atoms with Crippen LogP contribution in [0.3, 0.4) is 0 Å². The van der Waals surface area contributed by atoms with Crippen molar-refractivity contribution in [2.45, 2.75) is 52.5 Å². The van der Waals surface area contributed by atoms with Crippen LogP contribution in [0, 0.1) is 10.8 Å². The molecule has 2 aromatic rings. The molecule has 0 aliphatic heterocycles. The highest BCUT2D eigenvalue weighted by atomic mass is 16.2. The van der Waals surface area contributed by atoms with Crippen molar-refractivity contribution in [1.82, 2.24) is 15.6 Å². The van der Waals surface area contributed by atoms with Crippen LogP contribution in [0.4, 0.5) is 4.79 Å². The van der Waals surface area contributed by atoms with E-state index in [0.29, 0.717) is 13.1 Å². The second-order valence-corrected chi connectivity index (χ2v) is 9.21. The van der Waals surface area contributed by atoms with Gasteiger partial charge in [0, 0.05) is 24.3 Å². The molecule has 1 aliphatic rings. The highest BCUT2D eigenvalue weighted by Crippen LogP contribution is 2.46. The molecule has 0 bridgehead atoms. The van der Waals surface area contributed by atoms with E-state index in [1.165, 1.54) is 10.9 Å². The van der Waals surface area contributed by atoms with Crippen LogP contribution in [0.15, 0.2) is 35.5 Å². The first-order chi connectivity index (χ1) is 13.3. The van der Waals surface area contributed by atoms with E-state index >= 15 is 0 Å². The SMILES string of the molecule is CC1(C)CC(NC(=O)NCCc2ccc3cc[nH]c3c2)CC(C)(CN=C=O)C1. The highest BCUT2D eigenvalue weighted by Gasteiger charge is 2.41. The van der Waals surface area contributed by atoms with Crippen LogP contribution >= 0.6 is 0 Å². The predicted octanol–water partition coefficient (Wildman–Crippen LogP) is 3.93. The minimum absolute atomic E-state index is 0.0749. The third-order valence-corrected chi connectivity index (χ3v) is 5.62. The van der Waals surface area contributed by atoms with Gasteiger partial charge in [-0.15, -0.1) is 0 Å². The van der Waals surface area contributed by atoms with Gasteiger partial charge in [-0.1, -0.05) is 32.9 Å². The standard InChI is InChI=1S/C22H30N4O2/c1-21(2)11-18(12-22(3,13-21)14-23-15-27)26-20(28)25-8-6-16-4-5-17-7-9-24-19(17)10-16/h4-5,7,9-10,18,24H,6,8,11-14H2,1-3H3,(H2,25,26,28). The summed E-state index contributed by atoms with van der Waals surface area (Å²) in [6.45, 7) is 7.59. The summed E-state index contributed by atoms with van der Waals surface area (Å²) in [5.41, 5.74) is 2.30. The first-order valence-electron chi connectivity index (χ1n) is 9.93. The van der Waals surface area contributed by atoms with E-state index in [4.69, 9.17) is 0 Å². The summed E-state index contributed by atoms with van der Waals surface area (Å²) in [5.74, 6) is 0. The highest BCUT2D eigenvalue weighted by molar-refractivity contribution is 5.80. The molecule has 1 saturated carbocycles. The first-order valence-corrected chi connectivity index (χ1v) is 9.93. The van der Waals surface area contributed by atoms with Gasteiger partial charge in [0.05, 0.1) is 6.54 Å².